The van der Waals surface area contributed by atoms with Gasteiger partial charge in [-0.25, -0.2) is 0 Å². The summed E-state index contributed by atoms with van der Waals surface area (Å²) in [6.07, 6.45) is 0. The number of carbonyl (C=O) groups excluding carboxylic acids is 1. The predicted octanol–water partition coefficient (Wildman–Crippen LogP) is 2.73. The van der Waals surface area contributed by atoms with Crippen LogP contribution in [0.15, 0.2) is 53.3 Å². The molecule has 1 aliphatic rings. The van der Waals surface area contributed by atoms with E-state index in [0.29, 0.717) is 28.6 Å². The van der Waals surface area contributed by atoms with Gasteiger partial charge in [-0.15, -0.1) is 0 Å². The second kappa shape index (κ2) is 4.89. The summed E-state index contributed by atoms with van der Waals surface area (Å²) in [6.45, 7) is 0.501. The molecule has 1 aromatic heterocycles. The first-order valence-corrected chi connectivity index (χ1v) is 7.55. The van der Waals surface area contributed by atoms with Crippen molar-refractivity contribution in [1.29, 1.82) is 0 Å². The predicted molar refractivity (Wildman–Crippen MR) is 90.8 cm³/mol. The number of nitrogens with zero attached hydrogens (tertiary/aromatic N) is 2. The van der Waals surface area contributed by atoms with E-state index in [-0.39, 0.29) is 11.3 Å². The normalized spacial score (nSPS) is 12.7. The van der Waals surface area contributed by atoms with Crippen LogP contribution in [0.1, 0.15) is 15.9 Å². The largest absolute Gasteiger partial charge is 0.305 e. The highest BCUT2D eigenvalue weighted by molar-refractivity contribution is 6.13. The Balaban J connectivity index is 2.21. The number of fused-ring (bicyclic) bond motifs is 5. The lowest BCUT2D eigenvalue weighted by Crippen LogP contribution is -2.23. The zero-order valence-corrected chi connectivity index (χ0v) is 13.0. The van der Waals surface area contributed by atoms with Crippen LogP contribution in [0.25, 0.3) is 22.2 Å². The first kappa shape index (κ1) is 13.9. The van der Waals surface area contributed by atoms with Crippen molar-refractivity contribution in [3.63, 3.8) is 0 Å². The maximum absolute atomic E-state index is 13.0. The highest BCUT2D eigenvalue weighted by Gasteiger charge is 2.31. The van der Waals surface area contributed by atoms with Gasteiger partial charge < -0.3 is 4.90 Å². The minimum absolute atomic E-state index is 0.00468. The van der Waals surface area contributed by atoms with Gasteiger partial charge in [0.2, 0.25) is 0 Å². The van der Waals surface area contributed by atoms with Crippen molar-refractivity contribution in [1.82, 2.24) is 9.47 Å². The fraction of sp³-hybridized carbons (Fsp3) is 0.158. The zero-order valence-electron chi connectivity index (χ0n) is 13.0. The molecule has 0 saturated carbocycles. The topological polar surface area (TPSA) is 42.3 Å². The van der Waals surface area contributed by atoms with Crippen LogP contribution in [0.4, 0.5) is 0 Å². The average molecular weight is 304 g/mol. The number of para-hydroxylation sites is 1. The molecule has 3 aromatic rings. The van der Waals surface area contributed by atoms with Gasteiger partial charge in [-0.2, -0.15) is 0 Å². The van der Waals surface area contributed by atoms with E-state index in [1.807, 2.05) is 61.5 Å². The molecule has 0 spiro atoms. The van der Waals surface area contributed by atoms with Crippen molar-refractivity contribution < 1.29 is 4.79 Å². The Labute approximate surface area is 133 Å². The van der Waals surface area contributed by atoms with Crippen LogP contribution in [0, 0.1) is 0 Å². The van der Waals surface area contributed by atoms with Crippen LogP contribution in [0.5, 0.6) is 0 Å². The van der Waals surface area contributed by atoms with Gasteiger partial charge in [0, 0.05) is 28.6 Å². The molecule has 0 amide bonds. The van der Waals surface area contributed by atoms with E-state index >= 15 is 0 Å². The minimum Gasteiger partial charge on any atom is -0.305 e. The van der Waals surface area contributed by atoms with E-state index in [9.17, 15) is 9.59 Å². The molecule has 2 aromatic carbocycles. The molecule has 23 heavy (non-hydrogen) atoms. The highest BCUT2D eigenvalue weighted by Crippen LogP contribution is 2.35. The van der Waals surface area contributed by atoms with E-state index in [2.05, 4.69) is 0 Å². The SMILES string of the molecule is CN(C)Cc1c2n(c3ccccc3c1=O)C(=O)c1ccccc1-2. The minimum atomic E-state index is -0.0631. The molecule has 0 saturated heterocycles. The fourth-order valence-corrected chi connectivity index (χ4v) is 3.34. The molecule has 0 radical (unpaired) electrons. The van der Waals surface area contributed by atoms with Crippen LogP contribution in [-0.2, 0) is 6.54 Å². The number of pyridine rings is 1. The number of hydrogen-bond donors (Lipinski definition) is 0. The zero-order chi connectivity index (χ0) is 16.1. The molecule has 4 rings (SSSR count). The number of aromatic nitrogens is 1. The van der Waals surface area contributed by atoms with Gasteiger partial charge in [0.25, 0.3) is 5.91 Å². The first-order chi connectivity index (χ1) is 11.1. The van der Waals surface area contributed by atoms with Crippen LogP contribution in [0.3, 0.4) is 0 Å². The molecule has 0 N–H and O–H groups in total. The summed E-state index contributed by atoms with van der Waals surface area (Å²) in [4.78, 5) is 27.8. The molecule has 114 valence electrons. The second-order valence-electron chi connectivity index (χ2n) is 6.10. The van der Waals surface area contributed by atoms with Crippen LogP contribution in [-0.4, -0.2) is 29.5 Å². The lowest BCUT2D eigenvalue weighted by atomic mass is 10.0. The molecule has 0 unspecified atom stereocenters. The smallest absolute Gasteiger partial charge is 0.263 e. The standard InChI is InChI=1S/C19H16N2O2/c1-20(2)11-15-17-12-7-3-4-8-13(12)19(23)21(17)16-10-6-5-9-14(16)18(15)22/h3-10H,11H2,1-2H3. The summed E-state index contributed by atoms with van der Waals surface area (Å²) in [5, 5.41) is 0.592. The lowest BCUT2D eigenvalue weighted by molar-refractivity contribution is 0.0973. The number of carbonyl (C=O) groups is 1. The monoisotopic (exact) mass is 304 g/mol. The molecule has 0 atom stereocenters. The lowest BCUT2D eigenvalue weighted by Gasteiger charge is -2.16. The van der Waals surface area contributed by atoms with Gasteiger partial charge in [0.15, 0.2) is 5.43 Å². The third kappa shape index (κ3) is 1.88. The van der Waals surface area contributed by atoms with Crippen molar-refractivity contribution >= 4 is 16.8 Å². The van der Waals surface area contributed by atoms with Gasteiger partial charge in [-0.05, 0) is 32.3 Å². The van der Waals surface area contributed by atoms with Gasteiger partial charge in [-0.1, -0.05) is 30.3 Å². The summed E-state index contributed by atoms with van der Waals surface area (Å²) >= 11 is 0. The van der Waals surface area contributed by atoms with E-state index in [1.54, 1.807) is 10.6 Å². The highest BCUT2D eigenvalue weighted by atomic mass is 16.2. The average Bonchev–Trinajstić information content (AvgIpc) is 2.85. The third-order valence-electron chi connectivity index (χ3n) is 4.26. The quantitative estimate of drug-likeness (QED) is 0.572. The van der Waals surface area contributed by atoms with Gasteiger partial charge >= 0.3 is 0 Å². The molecule has 0 aliphatic carbocycles. The molecule has 4 nitrogen and oxygen atoms in total. The first-order valence-electron chi connectivity index (χ1n) is 7.55. The molecular weight excluding hydrogens is 288 g/mol. The Morgan fingerprint density at radius 2 is 1.57 bits per heavy atom. The maximum atomic E-state index is 13.0. The molecule has 0 fully saturated rings. The fourth-order valence-electron chi connectivity index (χ4n) is 3.34. The Morgan fingerprint density at radius 3 is 2.30 bits per heavy atom. The van der Waals surface area contributed by atoms with Gasteiger partial charge in [-0.3, -0.25) is 14.2 Å². The summed E-state index contributed by atoms with van der Waals surface area (Å²) in [7, 11) is 3.85. The van der Waals surface area contributed by atoms with Crippen LogP contribution in [0.2, 0.25) is 0 Å². The maximum Gasteiger partial charge on any atom is 0.263 e. The van der Waals surface area contributed by atoms with E-state index in [0.717, 1.165) is 11.3 Å². The van der Waals surface area contributed by atoms with Crippen LogP contribution >= 0.6 is 0 Å². The van der Waals surface area contributed by atoms with Crippen molar-refractivity contribution in [2.45, 2.75) is 6.54 Å². The molecule has 0 bridgehead atoms. The summed E-state index contributed by atoms with van der Waals surface area (Å²) < 4.78 is 1.69. The Hall–Kier alpha value is -2.72. The molecule has 1 aliphatic heterocycles. The Bertz CT molecular complexity index is 1020. The molecule has 2 heterocycles. The summed E-state index contributed by atoms with van der Waals surface area (Å²) in [5.74, 6) is -0.0631. The van der Waals surface area contributed by atoms with Gasteiger partial charge in [0.05, 0.1) is 11.2 Å². The number of rotatable bonds is 2. The van der Waals surface area contributed by atoms with Crippen molar-refractivity contribution in [3.8, 4) is 11.3 Å². The number of benzene rings is 2. The van der Waals surface area contributed by atoms with Crippen molar-refractivity contribution in [2.75, 3.05) is 14.1 Å². The second-order valence-corrected chi connectivity index (χ2v) is 6.10. The number of hydrogen-bond acceptors (Lipinski definition) is 3. The van der Waals surface area contributed by atoms with E-state index in [4.69, 9.17) is 0 Å². The van der Waals surface area contributed by atoms with Gasteiger partial charge in [0.1, 0.15) is 0 Å². The molecular formula is C19H16N2O2. The van der Waals surface area contributed by atoms with Crippen LogP contribution < -0.4 is 5.43 Å². The Kier molecular flexibility index (Phi) is 2.96. The van der Waals surface area contributed by atoms with Crippen molar-refractivity contribution in [3.05, 3.63) is 69.9 Å². The summed E-state index contributed by atoms with van der Waals surface area (Å²) in [5.41, 5.74) is 3.59. The van der Waals surface area contributed by atoms with E-state index < -0.39 is 0 Å². The van der Waals surface area contributed by atoms with E-state index in [1.165, 1.54) is 0 Å². The van der Waals surface area contributed by atoms with Crippen molar-refractivity contribution in [2.24, 2.45) is 0 Å². The summed E-state index contributed by atoms with van der Waals surface area (Å²) in [6, 6.07) is 14.8. The third-order valence-corrected chi connectivity index (χ3v) is 4.26. The molecule has 4 heteroatoms. The Morgan fingerprint density at radius 1 is 0.913 bits per heavy atom.